The maximum absolute atomic E-state index is 5.58. The zero-order valence-corrected chi connectivity index (χ0v) is 9.69. The lowest BCUT2D eigenvalue weighted by molar-refractivity contribution is 0.102. The minimum absolute atomic E-state index is 0.528. The van der Waals surface area contributed by atoms with Gasteiger partial charge in [0.15, 0.2) is 0 Å². The molecule has 2 heterocycles. The van der Waals surface area contributed by atoms with Gasteiger partial charge in [-0.3, -0.25) is 4.98 Å². The fraction of sp³-hybridized carbons (Fsp3) is 0.615. The predicted octanol–water partition coefficient (Wildman–Crippen LogP) is 2.13. The van der Waals surface area contributed by atoms with Crippen molar-refractivity contribution < 1.29 is 4.74 Å². The van der Waals surface area contributed by atoms with Crippen LogP contribution >= 0.6 is 0 Å². The van der Waals surface area contributed by atoms with E-state index in [1.54, 1.807) is 6.20 Å². The molecule has 1 fully saturated rings. The summed E-state index contributed by atoms with van der Waals surface area (Å²) in [5.74, 6) is 0. The molecule has 0 amide bonds. The van der Waals surface area contributed by atoms with Crippen LogP contribution in [0.1, 0.15) is 31.2 Å². The number of nitrogens with zero attached hydrogens (tertiary/aromatic N) is 1. The fourth-order valence-electron chi connectivity index (χ4n) is 2.06. The van der Waals surface area contributed by atoms with Crippen LogP contribution in [0.4, 0.5) is 0 Å². The van der Waals surface area contributed by atoms with Crippen LogP contribution in [0.5, 0.6) is 0 Å². The second kappa shape index (κ2) is 6.61. The number of rotatable bonds is 6. The molecule has 1 N–H and O–H groups in total. The molecule has 1 unspecified atom stereocenters. The molecule has 1 aliphatic rings. The molecular formula is C13H20N2O. The Balaban J connectivity index is 1.52. The summed E-state index contributed by atoms with van der Waals surface area (Å²) >= 11 is 0. The Morgan fingerprint density at radius 1 is 1.50 bits per heavy atom. The van der Waals surface area contributed by atoms with Crippen LogP contribution in [0.25, 0.3) is 0 Å². The number of pyridine rings is 1. The fourth-order valence-corrected chi connectivity index (χ4v) is 2.06. The summed E-state index contributed by atoms with van der Waals surface area (Å²) < 4.78 is 5.58. The average Bonchev–Trinajstić information content (AvgIpc) is 2.83. The van der Waals surface area contributed by atoms with Gasteiger partial charge in [-0.25, -0.2) is 0 Å². The SMILES string of the molecule is c1cncc(CNCCCC2CCCO2)c1. The number of aromatic nitrogens is 1. The summed E-state index contributed by atoms with van der Waals surface area (Å²) in [6.07, 6.45) is 9.13. The van der Waals surface area contributed by atoms with Gasteiger partial charge >= 0.3 is 0 Å². The largest absolute Gasteiger partial charge is 0.378 e. The monoisotopic (exact) mass is 220 g/mol. The van der Waals surface area contributed by atoms with Gasteiger partial charge in [-0.2, -0.15) is 0 Å². The van der Waals surface area contributed by atoms with Crippen molar-refractivity contribution in [2.45, 2.75) is 38.3 Å². The van der Waals surface area contributed by atoms with Gasteiger partial charge in [0.1, 0.15) is 0 Å². The molecule has 88 valence electrons. The Morgan fingerprint density at radius 3 is 3.25 bits per heavy atom. The van der Waals surface area contributed by atoms with Crippen LogP contribution in [-0.2, 0) is 11.3 Å². The Bertz CT molecular complexity index is 283. The summed E-state index contributed by atoms with van der Waals surface area (Å²) in [5, 5.41) is 3.43. The standard InChI is InChI=1S/C13H20N2O/c1-4-12(10-14-7-1)11-15-8-2-5-13-6-3-9-16-13/h1,4,7,10,13,15H,2-3,5-6,8-9,11H2. The van der Waals surface area contributed by atoms with Crippen molar-refractivity contribution in [1.82, 2.24) is 10.3 Å². The second-order valence-corrected chi connectivity index (χ2v) is 4.32. The predicted molar refractivity (Wildman–Crippen MR) is 64.2 cm³/mol. The first-order valence-corrected chi connectivity index (χ1v) is 6.16. The lowest BCUT2D eigenvalue weighted by Crippen LogP contribution is -2.16. The van der Waals surface area contributed by atoms with Crippen LogP contribution in [0.2, 0.25) is 0 Å². The highest BCUT2D eigenvalue weighted by molar-refractivity contribution is 5.07. The van der Waals surface area contributed by atoms with Gasteiger partial charge in [0, 0.05) is 25.5 Å². The lowest BCUT2D eigenvalue weighted by Gasteiger charge is -2.09. The molecule has 0 bridgehead atoms. The van der Waals surface area contributed by atoms with Crippen molar-refractivity contribution in [3.63, 3.8) is 0 Å². The number of hydrogen-bond acceptors (Lipinski definition) is 3. The van der Waals surface area contributed by atoms with Crippen molar-refractivity contribution in [2.75, 3.05) is 13.2 Å². The molecule has 2 rings (SSSR count). The number of ether oxygens (including phenoxy) is 1. The molecule has 0 radical (unpaired) electrons. The third-order valence-corrected chi connectivity index (χ3v) is 2.96. The quantitative estimate of drug-likeness (QED) is 0.746. The third-order valence-electron chi connectivity index (χ3n) is 2.96. The average molecular weight is 220 g/mol. The Hall–Kier alpha value is -0.930. The van der Waals surface area contributed by atoms with E-state index in [0.717, 1.165) is 19.7 Å². The third kappa shape index (κ3) is 3.91. The highest BCUT2D eigenvalue weighted by atomic mass is 16.5. The van der Waals surface area contributed by atoms with Crippen LogP contribution in [-0.4, -0.2) is 24.2 Å². The van der Waals surface area contributed by atoms with E-state index in [1.807, 2.05) is 12.3 Å². The minimum Gasteiger partial charge on any atom is -0.378 e. The summed E-state index contributed by atoms with van der Waals surface area (Å²) in [7, 11) is 0. The molecule has 0 aliphatic carbocycles. The first-order valence-electron chi connectivity index (χ1n) is 6.16. The van der Waals surface area contributed by atoms with Crippen LogP contribution in [0, 0.1) is 0 Å². The lowest BCUT2D eigenvalue weighted by atomic mass is 10.1. The van der Waals surface area contributed by atoms with Crippen LogP contribution < -0.4 is 5.32 Å². The molecule has 0 aromatic carbocycles. The normalized spacial score (nSPS) is 20.1. The van der Waals surface area contributed by atoms with E-state index >= 15 is 0 Å². The molecular weight excluding hydrogens is 200 g/mol. The van der Waals surface area contributed by atoms with Crippen molar-refractivity contribution in [2.24, 2.45) is 0 Å². The summed E-state index contributed by atoms with van der Waals surface area (Å²) in [6.45, 7) is 2.95. The number of hydrogen-bond donors (Lipinski definition) is 1. The molecule has 0 spiro atoms. The molecule has 1 atom stereocenters. The minimum atomic E-state index is 0.528. The molecule has 1 saturated heterocycles. The molecule has 1 aliphatic heterocycles. The zero-order valence-electron chi connectivity index (χ0n) is 9.69. The smallest absolute Gasteiger partial charge is 0.0576 e. The second-order valence-electron chi connectivity index (χ2n) is 4.32. The highest BCUT2D eigenvalue weighted by Crippen LogP contribution is 2.16. The van der Waals surface area contributed by atoms with Crippen molar-refractivity contribution in [1.29, 1.82) is 0 Å². The van der Waals surface area contributed by atoms with Gasteiger partial charge in [-0.05, 0) is 43.9 Å². The van der Waals surface area contributed by atoms with Gasteiger partial charge in [0.25, 0.3) is 0 Å². The van der Waals surface area contributed by atoms with Crippen molar-refractivity contribution in [3.05, 3.63) is 30.1 Å². The zero-order chi connectivity index (χ0) is 11.1. The molecule has 3 heteroatoms. The maximum atomic E-state index is 5.58. The van der Waals surface area contributed by atoms with Gasteiger partial charge in [0.2, 0.25) is 0 Å². The van der Waals surface area contributed by atoms with Gasteiger partial charge in [0.05, 0.1) is 6.10 Å². The number of nitrogens with one attached hydrogen (secondary N) is 1. The molecule has 0 saturated carbocycles. The Morgan fingerprint density at radius 2 is 2.50 bits per heavy atom. The molecule has 1 aromatic rings. The van der Waals surface area contributed by atoms with E-state index in [0.29, 0.717) is 6.10 Å². The Labute approximate surface area is 97.2 Å². The summed E-state index contributed by atoms with van der Waals surface area (Å²) in [6, 6.07) is 4.07. The van der Waals surface area contributed by atoms with Gasteiger partial charge in [-0.1, -0.05) is 6.07 Å². The topological polar surface area (TPSA) is 34.2 Å². The van der Waals surface area contributed by atoms with Crippen LogP contribution in [0.3, 0.4) is 0 Å². The van der Waals surface area contributed by atoms with Gasteiger partial charge in [-0.15, -0.1) is 0 Å². The highest BCUT2D eigenvalue weighted by Gasteiger charge is 2.14. The van der Waals surface area contributed by atoms with Crippen LogP contribution in [0.15, 0.2) is 24.5 Å². The maximum Gasteiger partial charge on any atom is 0.0576 e. The Kier molecular flexibility index (Phi) is 4.77. The first kappa shape index (κ1) is 11.6. The summed E-state index contributed by atoms with van der Waals surface area (Å²) in [5.41, 5.74) is 1.25. The summed E-state index contributed by atoms with van der Waals surface area (Å²) in [4.78, 5) is 4.09. The molecule has 16 heavy (non-hydrogen) atoms. The van der Waals surface area contributed by atoms with E-state index in [-0.39, 0.29) is 0 Å². The van der Waals surface area contributed by atoms with E-state index in [2.05, 4.69) is 16.4 Å². The van der Waals surface area contributed by atoms with E-state index in [1.165, 1.54) is 31.2 Å². The van der Waals surface area contributed by atoms with E-state index in [4.69, 9.17) is 4.74 Å². The first-order chi connectivity index (χ1) is 7.95. The van der Waals surface area contributed by atoms with Gasteiger partial charge < -0.3 is 10.1 Å². The van der Waals surface area contributed by atoms with E-state index in [9.17, 15) is 0 Å². The molecule has 3 nitrogen and oxygen atoms in total. The van der Waals surface area contributed by atoms with Crippen molar-refractivity contribution >= 4 is 0 Å². The molecule has 1 aromatic heterocycles. The van der Waals surface area contributed by atoms with Crippen molar-refractivity contribution in [3.8, 4) is 0 Å². The van der Waals surface area contributed by atoms with E-state index < -0.39 is 0 Å².